The molecule has 0 bridgehead atoms. The number of ether oxygens (including phenoxy) is 1. The lowest BCUT2D eigenvalue weighted by Gasteiger charge is -2.24. The smallest absolute Gasteiger partial charge is 0.290 e. The summed E-state index contributed by atoms with van der Waals surface area (Å²) in [5.41, 5.74) is 1.11. The van der Waals surface area contributed by atoms with Crippen LogP contribution >= 0.6 is 0 Å². The SMILES string of the molecule is O=C1c2oc3ccccc3c(=O)c2[C@@H](c2cccc(Oc3ccccc3)c2)N1CCO. The molecule has 1 aliphatic heterocycles. The van der Waals surface area contributed by atoms with Crippen LogP contribution in [0.4, 0.5) is 0 Å². The molecular formula is C25H19NO5. The monoisotopic (exact) mass is 413 g/mol. The molecule has 0 saturated carbocycles. The number of carbonyl (C=O) groups excluding carboxylic acids is 1. The van der Waals surface area contributed by atoms with E-state index in [9.17, 15) is 14.7 Å². The van der Waals surface area contributed by atoms with Gasteiger partial charge in [0.2, 0.25) is 5.76 Å². The number of carbonyl (C=O) groups is 1. The highest BCUT2D eigenvalue weighted by atomic mass is 16.5. The van der Waals surface area contributed by atoms with Gasteiger partial charge < -0.3 is 19.2 Å². The van der Waals surface area contributed by atoms with Crippen LogP contribution in [0.3, 0.4) is 0 Å². The highest BCUT2D eigenvalue weighted by molar-refractivity contribution is 5.99. The molecule has 0 saturated heterocycles. The van der Waals surface area contributed by atoms with Crippen molar-refractivity contribution in [2.45, 2.75) is 6.04 Å². The van der Waals surface area contributed by atoms with Gasteiger partial charge in [0.05, 0.1) is 23.6 Å². The Balaban J connectivity index is 1.65. The second-order valence-corrected chi connectivity index (χ2v) is 7.28. The van der Waals surface area contributed by atoms with Crippen LogP contribution in [-0.4, -0.2) is 29.1 Å². The summed E-state index contributed by atoms with van der Waals surface area (Å²) in [6, 6.07) is 22.8. The van der Waals surface area contributed by atoms with Crippen LogP contribution in [0.15, 0.2) is 88.1 Å². The van der Waals surface area contributed by atoms with Crippen LogP contribution < -0.4 is 10.2 Å². The van der Waals surface area contributed by atoms with Crippen LogP contribution in [0, 0.1) is 0 Å². The maximum absolute atomic E-state index is 13.3. The van der Waals surface area contributed by atoms with Gasteiger partial charge in [-0.1, -0.05) is 42.5 Å². The number of benzene rings is 3. The van der Waals surface area contributed by atoms with E-state index in [1.54, 1.807) is 30.3 Å². The maximum Gasteiger partial charge on any atom is 0.290 e. The number of para-hydroxylation sites is 2. The predicted octanol–water partition coefficient (Wildman–Crippen LogP) is 4.12. The lowest BCUT2D eigenvalue weighted by Crippen LogP contribution is -2.32. The zero-order chi connectivity index (χ0) is 21.4. The van der Waals surface area contributed by atoms with Gasteiger partial charge in [0.25, 0.3) is 5.91 Å². The molecular weight excluding hydrogens is 394 g/mol. The summed E-state index contributed by atoms with van der Waals surface area (Å²) >= 11 is 0. The minimum Gasteiger partial charge on any atom is -0.457 e. The third-order valence-electron chi connectivity index (χ3n) is 5.37. The molecule has 1 N–H and O–H groups in total. The Morgan fingerprint density at radius 2 is 1.65 bits per heavy atom. The number of hydrogen-bond donors (Lipinski definition) is 1. The summed E-state index contributed by atoms with van der Waals surface area (Å²) in [6.45, 7) is -0.155. The predicted molar refractivity (Wildman–Crippen MR) is 115 cm³/mol. The number of rotatable bonds is 5. The summed E-state index contributed by atoms with van der Waals surface area (Å²) in [6.07, 6.45) is 0. The topological polar surface area (TPSA) is 80.0 Å². The first-order valence-corrected chi connectivity index (χ1v) is 9.98. The van der Waals surface area contributed by atoms with Gasteiger partial charge in [0, 0.05) is 6.54 Å². The minimum atomic E-state index is -0.671. The third-order valence-corrected chi connectivity index (χ3v) is 5.37. The Hall–Kier alpha value is -3.90. The van der Waals surface area contributed by atoms with Gasteiger partial charge in [-0.2, -0.15) is 0 Å². The van der Waals surface area contributed by atoms with Crippen molar-refractivity contribution >= 4 is 16.9 Å². The average molecular weight is 413 g/mol. The molecule has 6 heteroatoms. The molecule has 0 spiro atoms. The molecule has 154 valence electrons. The van der Waals surface area contributed by atoms with E-state index in [0.29, 0.717) is 28.0 Å². The molecule has 4 aromatic rings. The Morgan fingerprint density at radius 1 is 0.903 bits per heavy atom. The Bertz CT molecular complexity index is 1330. The first-order valence-electron chi connectivity index (χ1n) is 9.98. The van der Waals surface area contributed by atoms with Crippen molar-refractivity contribution < 1.29 is 19.1 Å². The average Bonchev–Trinajstić information content (AvgIpc) is 3.07. The number of hydrogen-bond acceptors (Lipinski definition) is 5. The number of aliphatic hydroxyl groups excluding tert-OH is 1. The zero-order valence-electron chi connectivity index (χ0n) is 16.5. The summed E-state index contributed by atoms with van der Waals surface area (Å²) in [5.74, 6) is 0.877. The molecule has 31 heavy (non-hydrogen) atoms. The van der Waals surface area contributed by atoms with Crippen molar-refractivity contribution in [2.75, 3.05) is 13.2 Å². The van der Waals surface area contributed by atoms with Crippen molar-refractivity contribution in [3.05, 3.63) is 106 Å². The summed E-state index contributed by atoms with van der Waals surface area (Å²) in [4.78, 5) is 27.9. The summed E-state index contributed by atoms with van der Waals surface area (Å²) in [7, 11) is 0. The van der Waals surface area contributed by atoms with Crippen molar-refractivity contribution in [3.8, 4) is 11.5 Å². The Labute approximate surface area is 177 Å². The first-order chi connectivity index (χ1) is 15.2. The number of nitrogens with zero attached hydrogens (tertiary/aromatic N) is 1. The molecule has 1 atom stereocenters. The first kappa shape index (κ1) is 19.1. The van der Waals surface area contributed by atoms with E-state index in [4.69, 9.17) is 9.15 Å². The standard InChI is InChI=1S/C25H19NO5/c27-14-13-26-22(16-7-6-10-18(15-16)30-17-8-2-1-3-9-17)21-23(28)19-11-4-5-12-20(19)31-24(21)25(26)29/h1-12,15,22,27H,13-14H2/t22-/m1/s1. The molecule has 0 fully saturated rings. The molecule has 0 aliphatic carbocycles. The van der Waals surface area contributed by atoms with Crippen molar-refractivity contribution in [1.82, 2.24) is 4.90 Å². The second-order valence-electron chi connectivity index (χ2n) is 7.28. The van der Waals surface area contributed by atoms with Crippen LogP contribution in [0.5, 0.6) is 11.5 Å². The van der Waals surface area contributed by atoms with Gasteiger partial charge in [0.15, 0.2) is 5.43 Å². The van der Waals surface area contributed by atoms with E-state index in [0.717, 1.165) is 0 Å². The molecule has 5 rings (SSSR count). The summed E-state index contributed by atoms with van der Waals surface area (Å²) < 4.78 is 11.8. The fraction of sp³-hybridized carbons (Fsp3) is 0.120. The van der Waals surface area contributed by atoms with Gasteiger partial charge in [-0.05, 0) is 42.0 Å². The molecule has 1 aliphatic rings. The fourth-order valence-electron chi connectivity index (χ4n) is 4.02. The van der Waals surface area contributed by atoms with Gasteiger partial charge in [-0.25, -0.2) is 0 Å². The van der Waals surface area contributed by atoms with Crippen LogP contribution in [-0.2, 0) is 0 Å². The largest absolute Gasteiger partial charge is 0.457 e. The fourth-order valence-corrected chi connectivity index (χ4v) is 4.02. The van der Waals surface area contributed by atoms with E-state index in [2.05, 4.69) is 0 Å². The number of amides is 1. The number of β-amino-alcohol motifs (C(OH)–C–C–N with tert-alkyl or cyclic N) is 1. The van der Waals surface area contributed by atoms with E-state index >= 15 is 0 Å². The third kappa shape index (κ3) is 3.27. The molecule has 1 aromatic heterocycles. The Kier molecular flexibility index (Phi) is 4.76. The summed E-state index contributed by atoms with van der Waals surface area (Å²) in [5, 5.41) is 9.99. The highest BCUT2D eigenvalue weighted by Gasteiger charge is 2.42. The van der Waals surface area contributed by atoms with Crippen molar-refractivity contribution in [2.24, 2.45) is 0 Å². The van der Waals surface area contributed by atoms with Gasteiger partial charge in [0.1, 0.15) is 17.1 Å². The molecule has 6 nitrogen and oxygen atoms in total. The highest BCUT2D eigenvalue weighted by Crippen LogP contribution is 2.39. The van der Waals surface area contributed by atoms with Gasteiger partial charge in [-0.15, -0.1) is 0 Å². The molecule has 0 radical (unpaired) electrons. The van der Waals surface area contributed by atoms with Crippen molar-refractivity contribution in [1.29, 1.82) is 0 Å². The van der Waals surface area contributed by atoms with E-state index in [1.807, 2.05) is 48.5 Å². The van der Waals surface area contributed by atoms with Crippen LogP contribution in [0.2, 0.25) is 0 Å². The molecule has 3 aromatic carbocycles. The van der Waals surface area contributed by atoms with Crippen LogP contribution in [0.1, 0.15) is 27.7 Å². The number of aliphatic hydroxyl groups is 1. The van der Waals surface area contributed by atoms with Gasteiger partial charge >= 0.3 is 0 Å². The second kappa shape index (κ2) is 7.74. The molecule has 1 amide bonds. The number of fused-ring (bicyclic) bond motifs is 2. The van der Waals surface area contributed by atoms with E-state index in [1.165, 1.54) is 4.90 Å². The normalized spacial score (nSPS) is 15.3. The quantitative estimate of drug-likeness (QED) is 0.532. The Morgan fingerprint density at radius 3 is 2.45 bits per heavy atom. The maximum atomic E-state index is 13.3. The van der Waals surface area contributed by atoms with Crippen LogP contribution in [0.25, 0.3) is 11.0 Å². The van der Waals surface area contributed by atoms with E-state index in [-0.39, 0.29) is 29.9 Å². The van der Waals surface area contributed by atoms with Crippen molar-refractivity contribution in [3.63, 3.8) is 0 Å². The zero-order valence-corrected chi connectivity index (χ0v) is 16.5. The lowest BCUT2D eigenvalue weighted by atomic mass is 9.98. The molecule has 2 heterocycles. The molecule has 0 unspecified atom stereocenters. The minimum absolute atomic E-state index is 0.0246. The lowest BCUT2D eigenvalue weighted by molar-refractivity contribution is 0.0691. The van der Waals surface area contributed by atoms with Gasteiger partial charge in [-0.3, -0.25) is 9.59 Å². The van der Waals surface area contributed by atoms with E-state index < -0.39 is 11.9 Å².